The molecule has 12 heavy (non-hydrogen) atoms. The van der Waals surface area contributed by atoms with Crippen LogP contribution in [0.15, 0.2) is 15.5 Å². The summed E-state index contributed by atoms with van der Waals surface area (Å²) in [6.07, 6.45) is 2.35. The van der Waals surface area contributed by atoms with Gasteiger partial charge in [-0.15, -0.1) is 0 Å². The standard InChI is InChI=1S/C8H11BrN2O/c1-5(2)3-7-10-4-6(9)8(12)11-7/h4-5H,3H2,1-2H3,(H,10,11,12). The third-order valence-electron chi connectivity index (χ3n) is 1.41. The Hall–Kier alpha value is -0.640. The van der Waals surface area contributed by atoms with Crippen molar-refractivity contribution in [2.24, 2.45) is 5.92 Å². The number of H-pyrrole nitrogens is 1. The van der Waals surface area contributed by atoms with Crippen LogP contribution in [-0.4, -0.2) is 9.97 Å². The van der Waals surface area contributed by atoms with Crippen molar-refractivity contribution in [3.8, 4) is 0 Å². The summed E-state index contributed by atoms with van der Waals surface area (Å²) in [5, 5.41) is 0. The summed E-state index contributed by atoms with van der Waals surface area (Å²) in [4.78, 5) is 17.8. The van der Waals surface area contributed by atoms with Gasteiger partial charge in [-0.25, -0.2) is 4.98 Å². The first-order valence-corrected chi connectivity index (χ1v) is 4.62. The number of nitrogens with one attached hydrogen (secondary N) is 1. The molecule has 1 rings (SSSR count). The molecule has 0 radical (unpaired) electrons. The average molecular weight is 231 g/mol. The molecule has 3 nitrogen and oxygen atoms in total. The molecule has 0 aromatic carbocycles. The normalized spacial score (nSPS) is 10.7. The quantitative estimate of drug-likeness (QED) is 0.842. The van der Waals surface area contributed by atoms with E-state index >= 15 is 0 Å². The molecule has 0 aliphatic heterocycles. The molecular formula is C8H11BrN2O. The second-order valence-electron chi connectivity index (χ2n) is 3.10. The molecule has 1 aromatic heterocycles. The third-order valence-corrected chi connectivity index (χ3v) is 1.97. The van der Waals surface area contributed by atoms with Gasteiger partial charge in [0.1, 0.15) is 10.3 Å². The van der Waals surface area contributed by atoms with Crippen LogP contribution in [-0.2, 0) is 6.42 Å². The summed E-state index contributed by atoms with van der Waals surface area (Å²) in [5.41, 5.74) is -0.111. The van der Waals surface area contributed by atoms with Crippen molar-refractivity contribution in [3.05, 3.63) is 26.8 Å². The lowest BCUT2D eigenvalue weighted by molar-refractivity contribution is 0.618. The van der Waals surface area contributed by atoms with E-state index in [0.29, 0.717) is 10.4 Å². The van der Waals surface area contributed by atoms with Crippen LogP contribution in [0.25, 0.3) is 0 Å². The van der Waals surface area contributed by atoms with E-state index in [1.54, 1.807) is 0 Å². The zero-order valence-corrected chi connectivity index (χ0v) is 8.68. The predicted octanol–water partition coefficient (Wildman–Crippen LogP) is 1.73. The number of nitrogens with zero attached hydrogens (tertiary/aromatic N) is 1. The molecule has 0 unspecified atom stereocenters. The fourth-order valence-corrected chi connectivity index (χ4v) is 1.11. The molecule has 1 N–H and O–H groups in total. The summed E-state index contributed by atoms with van der Waals surface area (Å²) in [7, 11) is 0. The minimum absolute atomic E-state index is 0.111. The maximum atomic E-state index is 11.1. The van der Waals surface area contributed by atoms with E-state index in [1.807, 2.05) is 0 Å². The molecule has 66 valence electrons. The highest BCUT2D eigenvalue weighted by atomic mass is 79.9. The Labute approximate surface area is 79.4 Å². The van der Waals surface area contributed by atoms with Crippen LogP contribution in [0.4, 0.5) is 0 Å². The highest BCUT2D eigenvalue weighted by Gasteiger charge is 2.01. The van der Waals surface area contributed by atoms with Gasteiger partial charge in [-0.1, -0.05) is 13.8 Å². The van der Waals surface area contributed by atoms with Crippen molar-refractivity contribution in [1.29, 1.82) is 0 Å². The Balaban J connectivity index is 2.90. The van der Waals surface area contributed by atoms with Gasteiger partial charge in [0, 0.05) is 12.6 Å². The number of hydrogen-bond donors (Lipinski definition) is 1. The smallest absolute Gasteiger partial charge is 0.265 e. The predicted molar refractivity (Wildman–Crippen MR) is 51.1 cm³/mol. The molecule has 0 saturated heterocycles. The molecule has 0 fully saturated rings. The van der Waals surface area contributed by atoms with E-state index in [-0.39, 0.29) is 5.56 Å². The molecule has 0 aliphatic carbocycles. The maximum Gasteiger partial charge on any atom is 0.265 e. The molecule has 4 heteroatoms. The maximum absolute atomic E-state index is 11.1. The first-order valence-electron chi connectivity index (χ1n) is 3.83. The van der Waals surface area contributed by atoms with Gasteiger partial charge >= 0.3 is 0 Å². The molecule has 0 saturated carbocycles. The molecule has 0 amide bonds. The van der Waals surface area contributed by atoms with Crippen LogP contribution in [0.1, 0.15) is 19.7 Å². The molecule has 1 heterocycles. The zero-order valence-electron chi connectivity index (χ0n) is 7.10. The first-order chi connectivity index (χ1) is 5.59. The molecule has 0 aliphatic rings. The summed E-state index contributed by atoms with van der Waals surface area (Å²) in [6.45, 7) is 4.17. The molecule has 0 atom stereocenters. The van der Waals surface area contributed by atoms with Gasteiger partial charge in [0.15, 0.2) is 0 Å². The van der Waals surface area contributed by atoms with Crippen molar-refractivity contribution in [2.45, 2.75) is 20.3 Å². The lowest BCUT2D eigenvalue weighted by atomic mass is 10.1. The second kappa shape index (κ2) is 3.85. The Kier molecular flexibility index (Phi) is 3.03. The number of halogens is 1. The van der Waals surface area contributed by atoms with Gasteiger partial charge in [0.25, 0.3) is 5.56 Å². The Morgan fingerprint density at radius 1 is 1.67 bits per heavy atom. The Bertz CT molecular complexity index is 319. The summed E-state index contributed by atoms with van der Waals surface area (Å²) < 4.78 is 0.481. The van der Waals surface area contributed by atoms with Crippen molar-refractivity contribution >= 4 is 15.9 Å². The molecule has 1 aromatic rings. The van der Waals surface area contributed by atoms with E-state index in [2.05, 4.69) is 39.7 Å². The second-order valence-corrected chi connectivity index (χ2v) is 3.96. The topological polar surface area (TPSA) is 45.8 Å². The van der Waals surface area contributed by atoms with Crippen LogP contribution < -0.4 is 5.56 Å². The summed E-state index contributed by atoms with van der Waals surface area (Å²) >= 11 is 3.09. The monoisotopic (exact) mass is 230 g/mol. The van der Waals surface area contributed by atoms with Crippen LogP contribution in [0.2, 0.25) is 0 Å². The number of hydrogen-bond acceptors (Lipinski definition) is 2. The van der Waals surface area contributed by atoms with E-state index in [0.717, 1.165) is 12.2 Å². The minimum atomic E-state index is -0.111. The van der Waals surface area contributed by atoms with Crippen molar-refractivity contribution in [3.63, 3.8) is 0 Å². The van der Waals surface area contributed by atoms with Crippen molar-refractivity contribution in [1.82, 2.24) is 9.97 Å². The Morgan fingerprint density at radius 3 is 2.83 bits per heavy atom. The number of aromatic amines is 1. The first kappa shape index (κ1) is 9.45. The van der Waals surface area contributed by atoms with E-state index in [4.69, 9.17) is 0 Å². The third kappa shape index (κ3) is 2.44. The molecule has 0 bridgehead atoms. The average Bonchev–Trinajstić information content (AvgIpc) is 1.96. The van der Waals surface area contributed by atoms with Crippen LogP contribution in [0.5, 0.6) is 0 Å². The summed E-state index contributed by atoms with van der Waals surface area (Å²) in [6, 6.07) is 0. The van der Waals surface area contributed by atoms with Crippen LogP contribution >= 0.6 is 15.9 Å². The number of aromatic nitrogens is 2. The number of rotatable bonds is 2. The highest BCUT2D eigenvalue weighted by molar-refractivity contribution is 9.10. The lowest BCUT2D eigenvalue weighted by Gasteiger charge is -2.02. The van der Waals surface area contributed by atoms with Gasteiger partial charge in [0.2, 0.25) is 0 Å². The SMILES string of the molecule is CC(C)Cc1ncc(Br)c(=O)[nH]1. The van der Waals surface area contributed by atoms with Crippen LogP contribution in [0, 0.1) is 5.92 Å². The van der Waals surface area contributed by atoms with Crippen LogP contribution in [0.3, 0.4) is 0 Å². The molecular weight excluding hydrogens is 220 g/mol. The Morgan fingerprint density at radius 2 is 2.33 bits per heavy atom. The highest BCUT2D eigenvalue weighted by Crippen LogP contribution is 2.03. The molecule has 0 spiro atoms. The van der Waals surface area contributed by atoms with Gasteiger partial charge in [-0.05, 0) is 21.8 Å². The fraction of sp³-hybridized carbons (Fsp3) is 0.500. The van der Waals surface area contributed by atoms with E-state index < -0.39 is 0 Å². The van der Waals surface area contributed by atoms with Crippen molar-refractivity contribution in [2.75, 3.05) is 0 Å². The van der Waals surface area contributed by atoms with Crippen molar-refractivity contribution < 1.29 is 0 Å². The van der Waals surface area contributed by atoms with Gasteiger partial charge in [-0.2, -0.15) is 0 Å². The minimum Gasteiger partial charge on any atom is -0.310 e. The largest absolute Gasteiger partial charge is 0.310 e. The lowest BCUT2D eigenvalue weighted by Crippen LogP contribution is -2.12. The zero-order chi connectivity index (χ0) is 9.14. The summed E-state index contributed by atoms with van der Waals surface area (Å²) in [5.74, 6) is 1.26. The van der Waals surface area contributed by atoms with Gasteiger partial charge in [-0.3, -0.25) is 4.79 Å². The van der Waals surface area contributed by atoms with E-state index in [1.165, 1.54) is 6.20 Å². The van der Waals surface area contributed by atoms with Gasteiger partial charge in [0.05, 0.1) is 0 Å². The van der Waals surface area contributed by atoms with Gasteiger partial charge < -0.3 is 4.98 Å². The van der Waals surface area contributed by atoms with E-state index in [9.17, 15) is 4.79 Å². The fourth-order valence-electron chi connectivity index (χ4n) is 0.907.